The molecule has 0 heterocycles. The molecule has 0 aliphatic carbocycles. The fraction of sp³-hybridized carbons (Fsp3) is 0.200. The van der Waals surface area contributed by atoms with Gasteiger partial charge in [0.25, 0.3) is 0 Å². The molecule has 0 saturated carbocycles. The first-order chi connectivity index (χ1) is 5.31. The van der Waals surface area contributed by atoms with Gasteiger partial charge in [-0.05, 0) is 12.8 Å². The van der Waals surface area contributed by atoms with Crippen LogP contribution in [0.1, 0.15) is 12.8 Å². The number of allylic oxidation sites excluding steroid dienone is 6. The third-order valence-electron chi connectivity index (χ3n) is 1.11. The van der Waals surface area contributed by atoms with Crippen LogP contribution < -0.4 is 0 Å². The lowest BCUT2D eigenvalue weighted by molar-refractivity contribution is 1.31. The van der Waals surface area contributed by atoms with Crippen molar-refractivity contribution in [3.05, 3.63) is 48.6 Å². The minimum absolute atomic E-state index is 0.702. The van der Waals surface area contributed by atoms with Crippen LogP contribution >= 0.6 is 11.6 Å². The normalized spacial score (nSPS) is 11.9. The first kappa shape index (κ1) is 10.2. The monoisotopic (exact) mass is 168 g/mol. The van der Waals surface area contributed by atoms with E-state index in [9.17, 15) is 0 Å². The molecule has 0 spiro atoms. The molecule has 0 rings (SSSR count). The first-order valence-electron chi connectivity index (χ1n) is 3.55. The maximum atomic E-state index is 5.67. The highest BCUT2D eigenvalue weighted by Crippen LogP contribution is 2.03. The van der Waals surface area contributed by atoms with Crippen LogP contribution in [0, 0.1) is 0 Å². The molecule has 0 radical (unpaired) electrons. The zero-order chi connectivity index (χ0) is 8.53. The lowest BCUT2D eigenvalue weighted by atomic mass is 10.3. The fourth-order valence-electron chi connectivity index (χ4n) is 0.553. The van der Waals surface area contributed by atoms with Gasteiger partial charge in [-0.1, -0.05) is 48.6 Å². The first-order valence-corrected chi connectivity index (χ1v) is 3.93. The summed E-state index contributed by atoms with van der Waals surface area (Å²) in [5.74, 6) is 0. The van der Waals surface area contributed by atoms with Crippen molar-refractivity contribution in [2.45, 2.75) is 12.8 Å². The molecule has 0 nitrogen and oxygen atoms in total. The van der Waals surface area contributed by atoms with Crippen LogP contribution in [0.25, 0.3) is 0 Å². The van der Waals surface area contributed by atoms with Gasteiger partial charge >= 0.3 is 0 Å². The molecule has 0 amide bonds. The summed E-state index contributed by atoms with van der Waals surface area (Å²) in [5, 5.41) is 0.702. The van der Waals surface area contributed by atoms with Gasteiger partial charge in [0.15, 0.2) is 0 Å². The second kappa shape index (κ2) is 7.36. The lowest BCUT2D eigenvalue weighted by Gasteiger charge is -1.84. The second-order valence-electron chi connectivity index (χ2n) is 2.02. The summed E-state index contributed by atoms with van der Waals surface area (Å²) < 4.78 is 0. The minimum atomic E-state index is 0.702. The zero-order valence-electron chi connectivity index (χ0n) is 6.59. The maximum absolute atomic E-state index is 5.67. The Balaban J connectivity index is 3.54. The highest BCUT2D eigenvalue weighted by atomic mass is 35.5. The Labute approximate surface area is 73.6 Å². The van der Waals surface area contributed by atoms with Crippen molar-refractivity contribution in [3.63, 3.8) is 0 Å². The molecule has 0 unspecified atom stereocenters. The van der Waals surface area contributed by atoms with E-state index in [0.29, 0.717) is 5.03 Å². The summed E-state index contributed by atoms with van der Waals surface area (Å²) >= 11 is 5.67. The zero-order valence-corrected chi connectivity index (χ0v) is 7.35. The SMILES string of the molecule is C=CC/C=C/CC=C(Cl)C=C. The Hall–Kier alpha value is -0.750. The van der Waals surface area contributed by atoms with Crippen LogP contribution in [0.2, 0.25) is 0 Å². The highest BCUT2D eigenvalue weighted by Gasteiger charge is 1.78. The number of hydrogen-bond acceptors (Lipinski definition) is 0. The molecule has 11 heavy (non-hydrogen) atoms. The van der Waals surface area contributed by atoms with Crippen molar-refractivity contribution in [1.82, 2.24) is 0 Å². The smallest absolute Gasteiger partial charge is 0.0363 e. The van der Waals surface area contributed by atoms with Gasteiger partial charge < -0.3 is 0 Å². The molecule has 0 N–H and O–H groups in total. The van der Waals surface area contributed by atoms with Crippen molar-refractivity contribution in [3.8, 4) is 0 Å². The number of rotatable bonds is 5. The maximum Gasteiger partial charge on any atom is 0.0363 e. The van der Waals surface area contributed by atoms with E-state index in [1.165, 1.54) is 0 Å². The predicted octanol–water partition coefficient (Wildman–Crippen LogP) is 3.82. The predicted molar refractivity (Wildman–Crippen MR) is 52.7 cm³/mol. The molecule has 0 aliphatic heterocycles. The van der Waals surface area contributed by atoms with Gasteiger partial charge in [0.2, 0.25) is 0 Å². The second-order valence-corrected chi connectivity index (χ2v) is 2.46. The summed E-state index contributed by atoms with van der Waals surface area (Å²) in [4.78, 5) is 0. The highest BCUT2D eigenvalue weighted by molar-refractivity contribution is 6.31. The molecule has 0 aromatic rings. The molecular weight excluding hydrogens is 156 g/mol. The van der Waals surface area contributed by atoms with Crippen molar-refractivity contribution < 1.29 is 0 Å². The Morgan fingerprint density at radius 2 is 1.82 bits per heavy atom. The average Bonchev–Trinajstić information content (AvgIpc) is 2.04. The van der Waals surface area contributed by atoms with Crippen LogP contribution in [0.3, 0.4) is 0 Å². The summed E-state index contributed by atoms with van der Waals surface area (Å²) in [6.07, 6.45) is 11.3. The standard InChI is InChI=1S/C10H13Cl/c1-3-5-6-7-8-9-10(11)4-2/h3-4,6-7,9H,1-2,5,8H2/b7-6+,10-9?. The Bertz CT molecular complexity index is 175. The summed E-state index contributed by atoms with van der Waals surface area (Å²) in [6, 6.07) is 0. The van der Waals surface area contributed by atoms with Gasteiger partial charge in [-0.25, -0.2) is 0 Å². The third kappa shape index (κ3) is 7.14. The molecule has 0 saturated heterocycles. The van der Waals surface area contributed by atoms with Gasteiger partial charge in [-0.2, -0.15) is 0 Å². The van der Waals surface area contributed by atoms with E-state index in [1.54, 1.807) is 6.08 Å². The molecule has 0 fully saturated rings. The van der Waals surface area contributed by atoms with E-state index in [2.05, 4.69) is 19.2 Å². The van der Waals surface area contributed by atoms with Crippen LogP contribution in [-0.4, -0.2) is 0 Å². The van der Waals surface area contributed by atoms with Gasteiger partial charge in [0.1, 0.15) is 0 Å². The van der Waals surface area contributed by atoms with E-state index in [4.69, 9.17) is 11.6 Å². The topological polar surface area (TPSA) is 0 Å². The van der Waals surface area contributed by atoms with Crippen molar-refractivity contribution in [2.24, 2.45) is 0 Å². The molecule has 0 aromatic carbocycles. The summed E-state index contributed by atoms with van der Waals surface area (Å²) in [6.45, 7) is 7.14. The number of hydrogen-bond donors (Lipinski definition) is 0. The van der Waals surface area contributed by atoms with Gasteiger partial charge in [-0.3, -0.25) is 0 Å². The molecule has 1 heteroatoms. The molecule has 0 bridgehead atoms. The van der Waals surface area contributed by atoms with Crippen molar-refractivity contribution in [2.75, 3.05) is 0 Å². The Morgan fingerprint density at radius 3 is 2.36 bits per heavy atom. The third-order valence-corrected chi connectivity index (χ3v) is 1.42. The molecular formula is C10H13Cl. The van der Waals surface area contributed by atoms with E-state index in [-0.39, 0.29) is 0 Å². The van der Waals surface area contributed by atoms with Crippen molar-refractivity contribution >= 4 is 11.6 Å². The van der Waals surface area contributed by atoms with Crippen LogP contribution in [-0.2, 0) is 0 Å². The summed E-state index contributed by atoms with van der Waals surface area (Å²) in [5.41, 5.74) is 0. The minimum Gasteiger partial charge on any atom is -0.103 e. The van der Waals surface area contributed by atoms with Crippen LogP contribution in [0.15, 0.2) is 48.6 Å². The van der Waals surface area contributed by atoms with Gasteiger partial charge in [0.05, 0.1) is 0 Å². The molecule has 0 atom stereocenters. The summed E-state index contributed by atoms with van der Waals surface area (Å²) in [7, 11) is 0. The van der Waals surface area contributed by atoms with Crippen LogP contribution in [0.5, 0.6) is 0 Å². The van der Waals surface area contributed by atoms with Gasteiger partial charge in [0, 0.05) is 5.03 Å². The van der Waals surface area contributed by atoms with E-state index in [0.717, 1.165) is 12.8 Å². The van der Waals surface area contributed by atoms with Gasteiger partial charge in [-0.15, -0.1) is 6.58 Å². The fourth-order valence-corrected chi connectivity index (χ4v) is 0.642. The number of halogens is 1. The Morgan fingerprint density at radius 1 is 1.18 bits per heavy atom. The van der Waals surface area contributed by atoms with E-state index in [1.807, 2.05) is 18.2 Å². The van der Waals surface area contributed by atoms with E-state index >= 15 is 0 Å². The molecule has 0 aliphatic rings. The lowest BCUT2D eigenvalue weighted by Crippen LogP contribution is -1.63. The average molecular weight is 169 g/mol. The van der Waals surface area contributed by atoms with Crippen molar-refractivity contribution in [1.29, 1.82) is 0 Å². The van der Waals surface area contributed by atoms with E-state index < -0.39 is 0 Å². The Kier molecular flexibility index (Phi) is 6.86. The quantitative estimate of drug-likeness (QED) is 0.433. The molecule has 60 valence electrons. The largest absolute Gasteiger partial charge is 0.103 e. The molecule has 0 aromatic heterocycles. The van der Waals surface area contributed by atoms with Crippen LogP contribution in [0.4, 0.5) is 0 Å².